The fourth-order valence-corrected chi connectivity index (χ4v) is 1.16. The first kappa shape index (κ1) is 10.7. The predicted octanol–water partition coefficient (Wildman–Crippen LogP) is 1.82. The predicted molar refractivity (Wildman–Crippen MR) is 58.9 cm³/mol. The van der Waals surface area contributed by atoms with Gasteiger partial charge in [-0.1, -0.05) is 18.8 Å². The standard InChI is InChI=1S/C12H16N2/c1-3-12(13-2)8-4-6-11-7-5-9-14-10-11/h5,7,9-10,12-13H,3,8H2,1-2H3. The van der Waals surface area contributed by atoms with Crippen LogP contribution in [0.1, 0.15) is 25.3 Å². The summed E-state index contributed by atoms with van der Waals surface area (Å²) < 4.78 is 0. The van der Waals surface area contributed by atoms with E-state index in [-0.39, 0.29) is 0 Å². The highest BCUT2D eigenvalue weighted by Crippen LogP contribution is 1.96. The Morgan fingerprint density at radius 3 is 3.00 bits per heavy atom. The van der Waals surface area contributed by atoms with E-state index in [0.717, 1.165) is 18.4 Å². The molecule has 2 heteroatoms. The van der Waals surface area contributed by atoms with Crippen LogP contribution in [0, 0.1) is 11.8 Å². The van der Waals surface area contributed by atoms with E-state index in [1.54, 1.807) is 12.4 Å². The van der Waals surface area contributed by atoms with E-state index in [2.05, 4.69) is 29.1 Å². The Morgan fingerprint density at radius 2 is 2.43 bits per heavy atom. The largest absolute Gasteiger partial charge is 0.316 e. The van der Waals surface area contributed by atoms with Crippen LogP contribution in [-0.4, -0.2) is 18.1 Å². The average Bonchev–Trinajstić information content (AvgIpc) is 2.26. The monoisotopic (exact) mass is 188 g/mol. The second-order valence-corrected chi connectivity index (χ2v) is 3.14. The van der Waals surface area contributed by atoms with Crippen molar-refractivity contribution >= 4 is 0 Å². The van der Waals surface area contributed by atoms with E-state index >= 15 is 0 Å². The Hall–Kier alpha value is -1.33. The fourth-order valence-electron chi connectivity index (χ4n) is 1.16. The summed E-state index contributed by atoms with van der Waals surface area (Å²) in [6, 6.07) is 4.37. The van der Waals surface area contributed by atoms with Gasteiger partial charge in [0.05, 0.1) is 0 Å². The van der Waals surface area contributed by atoms with Crippen molar-refractivity contribution in [3.05, 3.63) is 30.1 Å². The minimum absolute atomic E-state index is 0.499. The van der Waals surface area contributed by atoms with E-state index in [0.29, 0.717) is 6.04 Å². The molecule has 74 valence electrons. The van der Waals surface area contributed by atoms with Gasteiger partial charge in [0.1, 0.15) is 0 Å². The number of nitrogens with zero attached hydrogens (tertiary/aromatic N) is 1. The summed E-state index contributed by atoms with van der Waals surface area (Å²) in [5, 5.41) is 3.22. The number of nitrogens with one attached hydrogen (secondary N) is 1. The van der Waals surface area contributed by atoms with Crippen LogP contribution in [0.15, 0.2) is 24.5 Å². The molecule has 1 aromatic rings. The fraction of sp³-hybridized carbons (Fsp3) is 0.417. The highest BCUT2D eigenvalue weighted by molar-refractivity contribution is 5.31. The summed E-state index contributed by atoms with van der Waals surface area (Å²) in [6.45, 7) is 2.16. The van der Waals surface area contributed by atoms with Gasteiger partial charge in [-0.25, -0.2) is 0 Å². The summed E-state index contributed by atoms with van der Waals surface area (Å²) in [6.07, 6.45) is 5.54. The summed E-state index contributed by atoms with van der Waals surface area (Å²) in [4.78, 5) is 4.00. The highest BCUT2D eigenvalue weighted by Gasteiger charge is 1.97. The molecule has 1 N–H and O–H groups in total. The maximum absolute atomic E-state index is 4.00. The summed E-state index contributed by atoms with van der Waals surface area (Å²) in [5.74, 6) is 6.24. The number of hydrogen-bond acceptors (Lipinski definition) is 2. The molecule has 0 saturated heterocycles. The number of aromatic nitrogens is 1. The van der Waals surface area contributed by atoms with E-state index in [4.69, 9.17) is 0 Å². The molecule has 0 aromatic carbocycles. The second kappa shape index (κ2) is 6.17. The van der Waals surface area contributed by atoms with Gasteiger partial charge in [0.25, 0.3) is 0 Å². The maximum Gasteiger partial charge on any atom is 0.0428 e. The molecule has 0 fully saturated rings. The van der Waals surface area contributed by atoms with Gasteiger partial charge in [-0.3, -0.25) is 4.98 Å². The van der Waals surface area contributed by atoms with Crippen molar-refractivity contribution in [2.45, 2.75) is 25.8 Å². The average molecular weight is 188 g/mol. The van der Waals surface area contributed by atoms with Crippen LogP contribution < -0.4 is 5.32 Å². The van der Waals surface area contributed by atoms with Crippen molar-refractivity contribution in [3.63, 3.8) is 0 Å². The first-order valence-electron chi connectivity index (χ1n) is 4.93. The van der Waals surface area contributed by atoms with E-state index in [1.165, 1.54) is 0 Å². The smallest absolute Gasteiger partial charge is 0.0428 e. The zero-order chi connectivity index (χ0) is 10.2. The molecule has 0 aliphatic heterocycles. The maximum atomic E-state index is 4.00. The van der Waals surface area contributed by atoms with E-state index in [1.807, 2.05) is 19.2 Å². The number of rotatable bonds is 3. The molecule has 1 aromatic heterocycles. The minimum atomic E-state index is 0.499. The summed E-state index contributed by atoms with van der Waals surface area (Å²) >= 11 is 0. The van der Waals surface area contributed by atoms with Gasteiger partial charge in [-0.05, 0) is 25.6 Å². The van der Waals surface area contributed by atoms with Crippen LogP contribution in [-0.2, 0) is 0 Å². The minimum Gasteiger partial charge on any atom is -0.316 e. The third kappa shape index (κ3) is 3.59. The van der Waals surface area contributed by atoms with Crippen LogP contribution in [0.2, 0.25) is 0 Å². The molecule has 1 rings (SSSR count). The molecule has 0 radical (unpaired) electrons. The van der Waals surface area contributed by atoms with Crippen LogP contribution in [0.25, 0.3) is 0 Å². The molecule has 0 saturated carbocycles. The number of pyridine rings is 1. The molecule has 0 aliphatic carbocycles. The lowest BCUT2D eigenvalue weighted by Crippen LogP contribution is -2.23. The van der Waals surface area contributed by atoms with Gasteiger partial charge < -0.3 is 5.32 Å². The lowest BCUT2D eigenvalue weighted by Gasteiger charge is -2.08. The molecule has 0 spiro atoms. The normalized spacial score (nSPS) is 11.6. The molecule has 0 aliphatic rings. The van der Waals surface area contributed by atoms with Crippen LogP contribution >= 0.6 is 0 Å². The third-order valence-electron chi connectivity index (χ3n) is 2.14. The van der Waals surface area contributed by atoms with Gasteiger partial charge in [-0.2, -0.15) is 0 Å². The Bertz CT molecular complexity index is 304. The molecule has 1 heterocycles. The highest BCUT2D eigenvalue weighted by atomic mass is 14.9. The molecule has 1 unspecified atom stereocenters. The lowest BCUT2D eigenvalue weighted by molar-refractivity contribution is 0.559. The lowest BCUT2D eigenvalue weighted by atomic mass is 10.1. The zero-order valence-corrected chi connectivity index (χ0v) is 8.75. The molecule has 2 nitrogen and oxygen atoms in total. The second-order valence-electron chi connectivity index (χ2n) is 3.14. The Kier molecular flexibility index (Phi) is 4.74. The van der Waals surface area contributed by atoms with Crippen molar-refractivity contribution in [1.82, 2.24) is 10.3 Å². The quantitative estimate of drug-likeness (QED) is 0.732. The van der Waals surface area contributed by atoms with Gasteiger partial charge >= 0.3 is 0 Å². The van der Waals surface area contributed by atoms with Crippen molar-refractivity contribution in [2.75, 3.05) is 7.05 Å². The summed E-state index contributed by atoms with van der Waals surface area (Å²) in [5.41, 5.74) is 0.985. The Morgan fingerprint density at radius 1 is 1.57 bits per heavy atom. The van der Waals surface area contributed by atoms with Crippen LogP contribution in [0.5, 0.6) is 0 Å². The third-order valence-corrected chi connectivity index (χ3v) is 2.14. The zero-order valence-electron chi connectivity index (χ0n) is 8.75. The summed E-state index contributed by atoms with van der Waals surface area (Å²) in [7, 11) is 1.97. The molecule has 1 atom stereocenters. The van der Waals surface area contributed by atoms with Crippen molar-refractivity contribution < 1.29 is 0 Å². The van der Waals surface area contributed by atoms with E-state index < -0.39 is 0 Å². The molecular weight excluding hydrogens is 172 g/mol. The van der Waals surface area contributed by atoms with Crippen LogP contribution in [0.3, 0.4) is 0 Å². The molecular formula is C12H16N2. The van der Waals surface area contributed by atoms with E-state index in [9.17, 15) is 0 Å². The first-order chi connectivity index (χ1) is 6.86. The Balaban J connectivity index is 2.48. The molecule has 0 amide bonds. The topological polar surface area (TPSA) is 24.9 Å². The van der Waals surface area contributed by atoms with Gasteiger partial charge in [0, 0.05) is 30.4 Å². The molecule has 14 heavy (non-hydrogen) atoms. The SMILES string of the molecule is CCC(CC#Cc1cccnc1)NC. The van der Waals surface area contributed by atoms with Crippen molar-refractivity contribution in [3.8, 4) is 11.8 Å². The van der Waals surface area contributed by atoms with Crippen molar-refractivity contribution in [1.29, 1.82) is 0 Å². The first-order valence-corrected chi connectivity index (χ1v) is 4.93. The Labute approximate surface area is 85.8 Å². The molecule has 0 bridgehead atoms. The van der Waals surface area contributed by atoms with Gasteiger partial charge in [-0.15, -0.1) is 0 Å². The van der Waals surface area contributed by atoms with Gasteiger partial charge in [0.2, 0.25) is 0 Å². The number of hydrogen-bond donors (Lipinski definition) is 1. The van der Waals surface area contributed by atoms with Crippen molar-refractivity contribution in [2.24, 2.45) is 0 Å². The van der Waals surface area contributed by atoms with Crippen LogP contribution in [0.4, 0.5) is 0 Å². The van der Waals surface area contributed by atoms with Gasteiger partial charge in [0.15, 0.2) is 0 Å².